The Morgan fingerprint density at radius 1 is 1.21 bits per heavy atom. The van der Waals surface area contributed by atoms with Crippen molar-refractivity contribution in [2.45, 2.75) is 57.4 Å². The fraction of sp³-hybridized carbons (Fsp3) is 0.500. The van der Waals surface area contributed by atoms with Gasteiger partial charge >= 0.3 is 6.03 Å². The molecule has 1 aromatic carbocycles. The maximum absolute atomic E-state index is 13.3. The molecule has 1 fully saturated rings. The highest BCUT2D eigenvalue weighted by Gasteiger charge is 2.54. The van der Waals surface area contributed by atoms with Crippen molar-refractivity contribution in [3.63, 3.8) is 0 Å². The first kappa shape index (κ1) is 18.7. The largest absolute Gasteiger partial charge is 0.325 e. The first-order chi connectivity index (χ1) is 13.6. The number of rotatable bonds is 5. The van der Waals surface area contributed by atoms with Gasteiger partial charge in [0.25, 0.3) is 5.91 Å². The van der Waals surface area contributed by atoms with Crippen molar-refractivity contribution in [3.05, 3.63) is 47.2 Å². The lowest BCUT2D eigenvalue weighted by atomic mass is 9.76. The maximum atomic E-state index is 13.3. The number of fused-ring (bicyclic) bond motifs is 2. The first-order valence-electron chi connectivity index (χ1n) is 10.3. The topological polar surface area (TPSA) is 69.7 Å². The fourth-order valence-corrected chi connectivity index (χ4v) is 4.73. The first-order valence-corrected chi connectivity index (χ1v) is 10.3. The summed E-state index contributed by atoms with van der Waals surface area (Å²) in [5, 5.41) is 2.92. The third-order valence-electron chi connectivity index (χ3n) is 6.06. The van der Waals surface area contributed by atoms with E-state index < -0.39 is 11.6 Å². The molecule has 1 unspecified atom stereocenters. The second kappa shape index (κ2) is 7.41. The van der Waals surface area contributed by atoms with Crippen molar-refractivity contribution in [1.82, 2.24) is 15.1 Å². The van der Waals surface area contributed by atoms with E-state index in [1.54, 1.807) is 4.90 Å². The molecule has 6 nitrogen and oxygen atoms in total. The van der Waals surface area contributed by atoms with E-state index in [1.165, 1.54) is 0 Å². The number of allylic oxidation sites excluding steroid dienone is 2. The van der Waals surface area contributed by atoms with Crippen LogP contribution in [-0.2, 0) is 21.5 Å². The minimum atomic E-state index is -1.02. The molecule has 2 aliphatic carbocycles. The molecule has 4 amide bonds. The van der Waals surface area contributed by atoms with Gasteiger partial charge < -0.3 is 10.2 Å². The van der Waals surface area contributed by atoms with E-state index in [1.807, 2.05) is 31.2 Å². The minimum absolute atomic E-state index is 0.181. The van der Waals surface area contributed by atoms with E-state index in [0.717, 1.165) is 60.2 Å². The van der Waals surface area contributed by atoms with Gasteiger partial charge in [0, 0.05) is 12.2 Å². The van der Waals surface area contributed by atoms with Gasteiger partial charge in [-0.15, -0.1) is 0 Å². The minimum Gasteiger partial charge on any atom is -0.319 e. The lowest BCUT2D eigenvalue weighted by molar-refractivity contribution is -0.138. The SMILES string of the molecule is CCCN(C(=O)CN1C(=O)NC2(CCCc3ccccc32)C1=O)C1=CCCC1. The Balaban J connectivity index is 1.58. The van der Waals surface area contributed by atoms with E-state index in [-0.39, 0.29) is 18.4 Å². The van der Waals surface area contributed by atoms with Crippen LogP contribution in [0.5, 0.6) is 0 Å². The van der Waals surface area contributed by atoms with Crippen LogP contribution in [0.3, 0.4) is 0 Å². The number of aryl methyl sites for hydroxylation is 1. The van der Waals surface area contributed by atoms with Gasteiger partial charge in [0.2, 0.25) is 5.91 Å². The van der Waals surface area contributed by atoms with E-state index in [9.17, 15) is 14.4 Å². The Kier molecular flexibility index (Phi) is 4.96. The molecule has 0 radical (unpaired) electrons. The average Bonchev–Trinajstić information content (AvgIpc) is 3.30. The number of hydrogen-bond acceptors (Lipinski definition) is 3. The van der Waals surface area contributed by atoms with Crippen molar-refractivity contribution in [2.24, 2.45) is 0 Å². The molecular weight excluding hydrogens is 354 g/mol. The van der Waals surface area contributed by atoms with Crippen LogP contribution < -0.4 is 5.32 Å². The molecule has 1 aliphatic heterocycles. The molecule has 1 atom stereocenters. The molecule has 0 aromatic heterocycles. The van der Waals surface area contributed by atoms with Crippen LogP contribution in [-0.4, -0.2) is 40.7 Å². The molecule has 0 saturated carbocycles. The Morgan fingerprint density at radius 2 is 2.04 bits per heavy atom. The molecule has 1 heterocycles. The Hall–Kier alpha value is -2.63. The molecule has 148 valence electrons. The molecule has 3 aliphatic rings. The molecule has 1 N–H and O–H groups in total. The van der Waals surface area contributed by atoms with Crippen LogP contribution in [0, 0.1) is 0 Å². The summed E-state index contributed by atoms with van der Waals surface area (Å²) in [6.07, 6.45) is 8.14. The Labute approximate surface area is 165 Å². The molecule has 1 saturated heterocycles. The fourth-order valence-electron chi connectivity index (χ4n) is 4.73. The van der Waals surface area contributed by atoms with Crippen LogP contribution in [0.25, 0.3) is 0 Å². The molecule has 1 aromatic rings. The third-order valence-corrected chi connectivity index (χ3v) is 6.06. The van der Waals surface area contributed by atoms with Crippen LogP contribution in [0.4, 0.5) is 4.79 Å². The molecule has 0 bridgehead atoms. The number of nitrogens with zero attached hydrogens (tertiary/aromatic N) is 2. The van der Waals surface area contributed by atoms with Gasteiger partial charge in [0.1, 0.15) is 12.1 Å². The predicted molar refractivity (Wildman–Crippen MR) is 105 cm³/mol. The average molecular weight is 381 g/mol. The van der Waals surface area contributed by atoms with E-state index in [4.69, 9.17) is 0 Å². The van der Waals surface area contributed by atoms with Crippen molar-refractivity contribution >= 4 is 17.8 Å². The number of benzene rings is 1. The zero-order valence-electron chi connectivity index (χ0n) is 16.4. The monoisotopic (exact) mass is 381 g/mol. The Bertz CT molecular complexity index is 847. The number of urea groups is 1. The summed E-state index contributed by atoms with van der Waals surface area (Å²) < 4.78 is 0. The van der Waals surface area contributed by atoms with Crippen molar-refractivity contribution in [2.75, 3.05) is 13.1 Å². The highest BCUT2D eigenvalue weighted by Crippen LogP contribution is 2.39. The van der Waals surface area contributed by atoms with Gasteiger partial charge in [-0.2, -0.15) is 0 Å². The highest BCUT2D eigenvalue weighted by atomic mass is 16.2. The van der Waals surface area contributed by atoms with Gasteiger partial charge in [-0.25, -0.2) is 4.79 Å². The number of carbonyl (C=O) groups excluding carboxylic acids is 3. The summed E-state index contributed by atoms with van der Waals surface area (Å²) in [7, 11) is 0. The summed E-state index contributed by atoms with van der Waals surface area (Å²) in [6.45, 7) is 2.44. The zero-order valence-corrected chi connectivity index (χ0v) is 16.4. The highest BCUT2D eigenvalue weighted by molar-refractivity contribution is 6.09. The molecule has 6 heteroatoms. The van der Waals surface area contributed by atoms with Crippen molar-refractivity contribution in [1.29, 1.82) is 0 Å². The molecular formula is C22H27N3O3. The van der Waals surface area contributed by atoms with Crippen molar-refractivity contribution < 1.29 is 14.4 Å². The number of hydrogen-bond donors (Lipinski definition) is 1. The maximum Gasteiger partial charge on any atom is 0.325 e. The molecule has 1 spiro atoms. The van der Waals surface area contributed by atoms with E-state index in [0.29, 0.717) is 13.0 Å². The quantitative estimate of drug-likeness (QED) is 0.797. The summed E-state index contributed by atoms with van der Waals surface area (Å²) in [5.74, 6) is -0.477. The standard InChI is InChI=1S/C22H27N3O3/c1-2-14-24(17-10-4-5-11-17)19(26)15-25-20(27)22(23-21(25)28)13-7-9-16-8-3-6-12-18(16)22/h3,6,8,10,12H,2,4-5,7,9,11,13-15H2,1H3,(H,23,28). The van der Waals surface area contributed by atoms with E-state index >= 15 is 0 Å². The van der Waals surface area contributed by atoms with Gasteiger partial charge in [0.05, 0.1) is 0 Å². The van der Waals surface area contributed by atoms with Crippen LogP contribution >= 0.6 is 0 Å². The normalized spacial score (nSPS) is 23.6. The second-order valence-electron chi connectivity index (χ2n) is 7.87. The number of carbonyl (C=O) groups is 3. The van der Waals surface area contributed by atoms with Crippen molar-refractivity contribution in [3.8, 4) is 0 Å². The lowest BCUT2D eigenvalue weighted by Gasteiger charge is -2.33. The van der Waals surface area contributed by atoms with Gasteiger partial charge in [0.15, 0.2) is 0 Å². The summed E-state index contributed by atoms with van der Waals surface area (Å²) in [4.78, 5) is 41.9. The predicted octanol–water partition coefficient (Wildman–Crippen LogP) is 3.08. The van der Waals surface area contributed by atoms with Crippen LogP contribution in [0.15, 0.2) is 36.0 Å². The number of nitrogens with one attached hydrogen (secondary N) is 1. The third kappa shape index (κ3) is 3.01. The van der Waals surface area contributed by atoms with Crippen LogP contribution in [0.2, 0.25) is 0 Å². The summed E-state index contributed by atoms with van der Waals surface area (Å²) >= 11 is 0. The molecule has 28 heavy (non-hydrogen) atoms. The lowest BCUT2D eigenvalue weighted by Crippen LogP contribution is -2.47. The summed E-state index contributed by atoms with van der Waals surface area (Å²) in [6, 6.07) is 7.32. The Morgan fingerprint density at radius 3 is 2.79 bits per heavy atom. The number of imide groups is 1. The van der Waals surface area contributed by atoms with Gasteiger partial charge in [-0.3, -0.25) is 14.5 Å². The van der Waals surface area contributed by atoms with Crippen LogP contribution in [0.1, 0.15) is 56.6 Å². The summed E-state index contributed by atoms with van der Waals surface area (Å²) in [5.41, 5.74) is 1.98. The molecule has 4 rings (SSSR count). The smallest absolute Gasteiger partial charge is 0.319 e. The zero-order chi connectivity index (χ0) is 19.7. The van der Waals surface area contributed by atoms with Gasteiger partial charge in [-0.05, 0) is 56.1 Å². The number of amides is 4. The van der Waals surface area contributed by atoms with E-state index in [2.05, 4.69) is 11.4 Å². The second-order valence-corrected chi connectivity index (χ2v) is 7.87. The van der Waals surface area contributed by atoms with Gasteiger partial charge in [-0.1, -0.05) is 37.3 Å².